The lowest BCUT2D eigenvalue weighted by Gasteiger charge is -2.13. The summed E-state index contributed by atoms with van der Waals surface area (Å²) in [6.45, 7) is 1.67. The molecule has 120 valence electrons. The highest BCUT2D eigenvalue weighted by Crippen LogP contribution is 2.28. The van der Waals surface area contributed by atoms with E-state index < -0.39 is 11.0 Å². The molecule has 0 unspecified atom stereocenters. The van der Waals surface area contributed by atoms with Crippen molar-refractivity contribution in [3.63, 3.8) is 0 Å². The molecule has 0 aromatic heterocycles. The van der Waals surface area contributed by atoms with Crippen LogP contribution >= 0.6 is 0 Å². The van der Waals surface area contributed by atoms with Crippen molar-refractivity contribution in [1.29, 1.82) is 0 Å². The van der Waals surface area contributed by atoms with Gasteiger partial charge in [-0.2, -0.15) is 0 Å². The van der Waals surface area contributed by atoms with Gasteiger partial charge in [-0.15, -0.1) is 0 Å². The number of rotatable bonds is 4. The molecule has 24 heavy (non-hydrogen) atoms. The first kappa shape index (κ1) is 15.9. The second-order valence-electron chi connectivity index (χ2n) is 5.69. The van der Waals surface area contributed by atoms with Crippen LogP contribution in [0.5, 0.6) is 0 Å². The van der Waals surface area contributed by atoms with Crippen molar-refractivity contribution in [3.8, 4) is 11.1 Å². The number of benzene rings is 3. The first-order chi connectivity index (χ1) is 11.6. The smallest absolute Gasteiger partial charge is 0.272 e. The fourth-order valence-corrected chi connectivity index (χ4v) is 2.73. The molecular weight excluding hydrogens is 302 g/mol. The molecule has 1 atom stereocenters. The van der Waals surface area contributed by atoms with Crippen molar-refractivity contribution < 1.29 is 10.0 Å². The SMILES string of the molecule is Cc1cc([C@@H](O)c2ccc(-c3ccccc3)cc2)ccc1[N+](=O)[O-]. The fourth-order valence-electron chi connectivity index (χ4n) is 2.73. The van der Waals surface area contributed by atoms with Gasteiger partial charge in [0.1, 0.15) is 6.10 Å². The van der Waals surface area contributed by atoms with Crippen molar-refractivity contribution in [3.05, 3.63) is 99.6 Å². The first-order valence-electron chi connectivity index (χ1n) is 7.64. The van der Waals surface area contributed by atoms with Gasteiger partial charge in [0, 0.05) is 11.6 Å². The number of nitro benzene ring substituents is 1. The third kappa shape index (κ3) is 3.19. The number of aliphatic hydroxyl groups excluding tert-OH is 1. The maximum absolute atomic E-state index is 10.9. The van der Waals surface area contributed by atoms with E-state index in [0.717, 1.165) is 16.7 Å². The number of aliphatic hydroxyl groups is 1. The van der Waals surface area contributed by atoms with Crippen LogP contribution in [0.1, 0.15) is 22.8 Å². The summed E-state index contributed by atoms with van der Waals surface area (Å²) in [4.78, 5) is 10.5. The van der Waals surface area contributed by atoms with Crippen LogP contribution in [0.4, 0.5) is 5.69 Å². The number of nitrogens with zero attached hydrogens (tertiary/aromatic N) is 1. The molecule has 0 spiro atoms. The van der Waals surface area contributed by atoms with Crippen molar-refractivity contribution in [2.75, 3.05) is 0 Å². The highest BCUT2D eigenvalue weighted by molar-refractivity contribution is 5.63. The number of hydrogen-bond acceptors (Lipinski definition) is 3. The Bertz CT molecular complexity index is 858. The molecule has 0 fully saturated rings. The molecule has 0 aliphatic rings. The predicted molar refractivity (Wildman–Crippen MR) is 93.8 cm³/mol. The van der Waals surface area contributed by atoms with Gasteiger partial charge in [0.05, 0.1) is 4.92 Å². The molecule has 0 aliphatic carbocycles. The summed E-state index contributed by atoms with van der Waals surface area (Å²) in [5.74, 6) is 0. The summed E-state index contributed by atoms with van der Waals surface area (Å²) in [5.41, 5.74) is 4.19. The Labute approximate surface area is 140 Å². The van der Waals surface area contributed by atoms with Gasteiger partial charge in [0.25, 0.3) is 5.69 Å². The standard InChI is InChI=1S/C20H17NO3/c1-14-13-18(11-12-19(14)21(23)24)20(22)17-9-7-16(8-10-17)15-5-3-2-4-6-15/h2-13,20,22H,1H3/t20-/m0/s1. The summed E-state index contributed by atoms with van der Waals surface area (Å²) >= 11 is 0. The zero-order chi connectivity index (χ0) is 17.1. The van der Waals surface area contributed by atoms with Gasteiger partial charge in [-0.05, 0) is 41.3 Å². The third-order valence-corrected chi connectivity index (χ3v) is 4.07. The van der Waals surface area contributed by atoms with E-state index in [2.05, 4.69) is 0 Å². The van der Waals surface area contributed by atoms with Crippen molar-refractivity contribution in [2.24, 2.45) is 0 Å². The van der Waals surface area contributed by atoms with E-state index in [0.29, 0.717) is 11.1 Å². The van der Waals surface area contributed by atoms with Crippen molar-refractivity contribution in [2.45, 2.75) is 13.0 Å². The van der Waals surface area contributed by atoms with Crippen LogP contribution in [0.3, 0.4) is 0 Å². The molecule has 0 saturated heterocycles. The van der Waals surface area contributed by atoms with E-state index in [1.165, 1.54) is 6.07 Å². The molecule has 1 N–H and O–H groups in total. The van der Waals surface area contributed by atoms with Crippen LogP contribution in [0.2, 0.25) is 0 Å². The minimum Gasteiger partial charge on any atom is -0.384 e. The highest BCUT2D eigenvalue weighted by Gasteiger charge is 2.15. The molecule has 0 amide bonds. The molecule has 0 bridgehead atoms. The van der Waals surface area contributed by atoms with E-state index in [-0.39, 0.29) is 5.69 Å². The minimum atomic E-state index is -0.811. The summed E-state index contributed by atoms with van der Waals surface area (Å²) in [6.07, 6.45) is -0.811. The van der Waals surface area contributed by atoms with Crippen LogP contribution in [-0.2, 0) is 0 Å². The quantitative estimate of drug-likeness (QED) is 0.562. The Morgan fingerprint density at radius 2 is 1.46 bits per heavy atom. The number of hydrogen-bond donors (Lipinski definition) is 1. The average molecular weight is 319 g/mol. The number of aryl methyl sites for hydroxylation is 1. The Kier molecular flexibility index (Phi) is 4.40. The summed E-state index contributed by atoms with van der Waals surface area (Å²) < 4.78 is 0. The molecular formula is C20H17NO3. The van der Waals surface area contributed by atoms with Crippen molar-refractivity contribution in [1.82, 2.24) is 0 Å². The average Bonchev–Trinajstić information content (AvgIpc) is 2.61. The van der Waals surface area contributed by atoms with Crippen LogP contribution in [0.15, 0.2) is 72.8 Å². The van der Waals surface area contributed by atoms with Gasteiger partial charge in [-0.1, -0.05) is 54.6 Å². The molecule has 3 rings (SSSR count). The van der Waals surface area contributed by atoms with E-state index >= 15 is 0 Å². The lowest BCUT2D eigenvalue weighted by Crippen LogP contribution is -2.01. The first-order valence-corrected chi connectivity index (χ1v) is 7.64. The zero-order valence-corrected chi connectivity index (χ0v) is 13.2. The van der Waals surface area contributed by atoms with E-state index in [9.17, 15) is 15.2 Å². The van der Waals surface area contributed by atoms with Gasteiger partial charge >= 0.3 is 0 Å². The van der Waals surface area contributed by atoms with Crippen LogP contribution in [0, 0.1) is 17.0 Å². The van der Waals surface area contributed by atoms with Gasteiger partial charge < -0.3 is 5.11 Å². The zero-order valence-electron chi connectivity index (χ0n) is 13.2. The fraction of sp³-hybridized carbons (Fsp3) is 0.100. The highest BCUT2D eigenvalue weighted by atomic mass is 16.6. The second kappa shape index (κ2) is 6.64. The van der Waals surface area contributed by atoms with Gasteiger partial charge in [-0.25, -0.2) is 0 Å². The van der Waals surface area contributed by atoms with E-state index in [4.69, 9.17) is 0 Å². The molecule has 0 saturated carbocycles. The third-order valence-electron chi connectivity index (χ3n) is 4.07. The topological polar surface area (TPSA) is 63.4 Å². The molecule has 4 nitrogen and oxygen atoms in total. The van der Waals surface area contributed by atoms with E-state index in [1.54, 1.807) is 19.1 Å². The van der Waals surface area contributed by atoms with Gasteiger partial charge in [0.15, 0.2) is 0 Å². The lowest BCUT2D eigenvalue weighted by atomic mass is 9.97. The lowest BCUT2D eigenvalue weighted by molar-refractivity contribution is -0.385. The van der Waals surface area contributed by atoms with E-state index in [1.807, 2.05) is 54.6 Å². The maximum Gasteiger partial charge on any atom is 0.272 e. The van der Waals surface area contributed by atoms with Crippen LogP contribution < -0.4 is 0 Å². The Morgan fingerprint density at radius 1 is 0.875 bits per heavy atom. The number of nitro groups is 1. The second-order valence-corrected chi connectivity index (χ2v) is 5.69. The Balaban J connectivity index is 1.86. The Morgan fingerprint density at radius 3 is 2.04 bits per heavy atom. The summed E-state index contributed by atoms with van der Waals surface area (Å²) in [5, 5.41) is 21.4. The van der Waals surface area contributed by atoms with Gasteiger partial charge in [-0.3, -0.25) is 10.1 Å². The molecule has 4 heteroatoms. The maximum atomic E-state index is 10.9. The molecule has 0 heterocycles. The summed E-state index contributed by atoms with van der Waals surface area (Å²) in [7, 11) is 0. The molecule has 3 aromatic carbocycles. The normalized spacial score (nSPS) is 11.9. The largest absolute Gasteiger partial charge is 0.384 e. The van der Waals surface area contributed by atoms with Gasteiger partial charge in [0.2, 0.25) is 0 Å². The minimum absolute atomic E-state index is 0.0605. The Hall–Kier alpha value is -2.98. The molecule has 3 aromatic rings. The van der Waals surface area contributed by atoms with Crippen LogP contribution in [-0.4, -0.2) is 10.0 Å². The molecule has 0 radical (unpaired) electrons. The predicted octanol–water partition coefficient (Wildman–Crippen LogP) is 4.65. The monoisotopic (exact) mass is 319 g/mol. The van der Waals surface area contributed by atoms with Crippen molar-refractivity contribution >= 4 is 5.69 Å². The van der Waals surface area contributed by atoms with Crippen LogP contribution in [0.25, 0.3) is 11.1 Å². The molecule has 0 aliphatic heterocycles. The summed E-state index contributed by atoms with van der Waals surface area (Å²) in [6, 6.07) is 22.4.